The lowest BCUT2D eigenvalue weighted by Gasteiger charge is -2.43. The Bertz CT molecular complexity index is 649. The van der Waals surface area contributed by atoms with Crippen LogP contribution < -0.4 is 16.2 Å². The maximum absolute atomic E-state index is 12.7. The van der Waals surface area contributed by atoms with Crippen molar-refractivity contribution < 1.29 is 18.0 Å². The molecule has 2 aliphatic rings. The molecule has 1 unspecified atom stereocenters. The SMILES string of the molecule is O=C(NC1CCNC12CCC2)c1cc(C(F)(F)F)c[nH]c1=O. The van der Waals surface area contributed by atoms with Gasteiger partial charge in [0.1, 0.15) is 5.56 Å². The predicted molar refractivity (Wildman–Crippen MR) is 72.5 cm³/mol. The maximum Gasteiger partial charge on any atom is 0.417 e. The van der Waals surface area contributed by atoms with Gasteiger partial charge in [-0.1, -0.05) is 0 Å². The summed E-state index contributed by atoms with van der Waals surface area (Å²) >= 11 is 0. The number of alkyl halides is 3. The van der Waals surface area contributed by atoms with E-state index in [2.05, 4.69) is 10.6 Å². The number of hydrogen-bond acceptors (Lipinski definition) is 3. The zero-order valence-electron chi connectivity index (χ0n) is 11.7. The standard InChI is InChI=1S/C14H16F3N3O2/c15-14(16,17)8-6-9(11(21)18-7-8)12(22)20-10-2-5-19-13(10)3-1-4-13/h6-7,10,19H,1-5H2,(H,18,21)(H,20,22). The molecule has 3 N–H and O–H groups in total. The first-order valence-corrected chi connectivity index (χ1v) is 7.18. The van der Waals surface area contributed by atoms with Crippen molar-refractivity contribution in [1.82, 2.24) is 15.6 Å². The van der Waals surface area contributed by atoms with Crippen LogP contribution in [0.25, 0.3) is 0 Å². The minimum absolute atomic E-state index is 0.149. The van der Waals surface area contributed by atoms with Crippen molar-refractivity contribution >= 4 is 5.91 Å². The summed E-state index contributed by atoms with van der Waals surface area (Å²) in [5, 5.41) is 6.06. The molecule has 0 radical (unpaired) electrons. The summed E-state index contributed by atoms with van der Waals surface area (Å²) in [6, 6.07) is 0.451. The maximum atomic E-state index is 12.7. The summed E-state index contributed by atoms with van der Waals surface area (Å²) < 4.78 is 38.1. The fourth-order valence-electron chi connectivity index (χ4n) is 3.21. The molecule has 8 heteroatoms. The number of hydrogen-bond donors (Lipinski definition) is 3. The van der Waals surface area contributed by atoms with Gasteiger partial charge in [-0.2, -0.15) is 13.2 Å². The molecule has 1 saturated carbocycles. The minimum Gasteiger partial charge on any atom is -0.347 e. The van der Waals surface area contributed by atoms with Crippen LogP contribution in [0.4, 0.5) is 13.2 Å². The number of halogens is 3. The molecule has 5 nitrogen and oxygen atoms in total. The van der Waals surface area contributed by atoms with Crippen molar-refractivity contribution in [3.63, 3.8) is 0 Å². The summed E-state index contributed by atoms with van der Waals surface area (Å²) in [7, 11) is 0. The zero-order chi connectivity index (χ0) is 16.0. The average Bonchev–Trinajstić information content (AvgIpc) is 2.81. The fourth-order valence-corrected chi connectivity index (χ4v) is 3.21. The molecule has 0 aromatic carbocycles. The second-order valence-corrected chi connectivity index (χ2v) is 5.88. The Hall–Kier alpha value is -1.83. The summed E-state index contributed by atoms with van der Waals surface area (Å²) in [4.78, 5) is 25.8. The number of nitrogens with one attached hydrogen (secondary N) is 3. The number of carbonyl (C=O) groups excluding carboxylic acids is 1. The van der Waals surface area contributed by atoms with Crippen molar-refractivity contribution in [2.24, 2.45) is 0 Å². The normalized spacial score (nSPS) is 23.3. The predicted octanol–water partition coefficient (Wildman–Crippen LogP) is 1.41. The van der Waals surface area contributed by atoms with E-state index in [0.29, 0.717) is 18.7 Å². The molecule has 22 heavy (non-hydrogen) atoms. The number of pyridine rings is 1. The quantitative estimate of drug-likeness (QED) is 0.772. The highest BCUT2D eigenvalue weighted by Crippen LogP contribution is 2.39. The lowest BCUT2D eigenvalue weighted by molar-refractivity contribution is -0.137. The number of rotatable bonds is 2. The number of aromatic nitrogens is 1. The van der Waals surface area contributed by atoms with Crippen LogP contribution in [0.15, 0.2) is 17.1 Å². The van der Waals surface area contributed by atoms with Crippen LogP contribution in [0, 0.1) is 0 Å². The van der Waals surface area contributed by atoms with Crippen LogP contribution in [0.1, 0.15) is 41.6 Å². The molecule has 1 aromatic heterocycles. The second kappa shape index (κ2) is 5.12. The molecule has 1 saturated heterocycles. The van der Waals surface area contributed by atoms with Gasteiger partial charge in [-0.05, 0) is 38.3 Å². The van der Waals surface area contributed by atoms with Gasteiger partial charge in [-0.25, -0.2) is 0 Å². The third-order valence-electron chi connectivity index (χ3n) is 4.60. The van der Waals surface area contributed by atoms with Crippen LogP contribution >= 0.6 is 0 Å². The van der Waals surface area contributed by atoms with E-state index in [1.54, 1.807) is 0 Å². The Balaban J connectivity index is 1.82. The van der Waals surface area contributed by atoms with Gasteiger partial charge in [-0.3, -0.25) is 9.59 Å². The first kappa shape index (κ1) is 15.1. The molecule has 2 fully saturated rings. The monoisotopic (exact) mass is 315 g/mol. The van der Waals surface area contributed by atoms with E-state index in [1.165, 1.54) is 0 Å². The van der Waals surface area contributed by atoms with Gasteiger partial charge in [0.25, 0.3) is 11.5 Å². The summed E-state index contributed by atoms with van der Waals surface area (Å²) in [5.41, 5.74) is -2.51. The molecule has 0 bridgehead atoms. The van der Waals surface area contributed by atoms with E-state index in [1.807, 2.05) is 4.98 Å². The minimum atomic E-state index is -4.61. The Morgan fingerprint density at radius 3 is 2.68 bits per heavy atom. The lowest BCUT2D eigenvalue weighted by atomic mass is 9.73. The second-order valence-electron chi connectivity index (χ2n) is 5.88. The van der Waals surface area contributed by atoms with E-state index in [-0.39, 0.29) is 11.6 Å². The van der Waals surface area contributed by atoms with E-state index in [9.17, 15) is 22.8 Å². The molecule has 3 rings (SSSR count). The largest absolute Gasteiger partial charge is 0.417 e. The van der Waals surface area contributed by atoms with Crippen LogP contribution in [-0.2, 0) is 6.18 Å². The molecular weight excluding hydrogens is 299 g/mol. The molecule has 1 spiro atoms. The van der Waals surface area contributed by atoms with Crippen molar-refractivity contribution in [2.75, 3.05) is 6.54 Å². The van der Waals surface area contributed by atoms with Crippen LogP contribution in [0.3, 0.4) is 0 Å². The Kier molecular flexibility index (Phi) is 3.51. The third kappa shape index (κ3) is 2.51. The molecule has 1 atom stereocenters. The van der Waals surface area contributed by atoms with Crippen molar-refractivity contribution in [1.29, 1.82) is 0 Å². The Labute approximate surface area is 124 Å². The summed E-state index contributed by atoms with van der Waals surface area (Å²) in [5.74, 6) is -0.757. The number of aromatic amines is 1. The van der Waals surface area contributed by atoms with E-state index in [4.69, 9.17) is 0 Å². The smallest absolute Gasteiger partial charge is 0.347 e. The summed E-state index contributed by atoms with van der Waals surface area (Å²) in [6.45, 7) is 0.754. The zero-order valence-corrected chi connectivity index (χ0v) is 11.7. The van der Waals surface area contributed by atoms with Crippen LogP contribution in [0.5, 0.6) is 0 Å². The lowest BCUT2D eigenvalue weighted by Crippen LogP contribution is -2.59. The van der Waals surface area contributed by atoms with Gasteiger partial charge < -0.3 is 15.6 Å². The summed E-state index contributed by atoms with van der Waals surface area (Å²) in [6.07, 6.45) is -0.410. The molecule has 120 valence electrons. The van der Waals surface area contributed by atoms with Crippen LogP contribution in [0.2, 0.25) is 0 Å². The number of carbonyl (C=O) groups is 1. The molecule has 1 amide bonds. The van der Waals surface area contributed by atoms with Crippen molar-refractivity contribution in [3.8, 4) is 0 Å². The molecule has 2 heterocycles. The van der Waals surface area contributed by atoms with Gasteiger partial charge in [0, 0.05) is 17.8 Å². The van der Waals surface area contributed by atoms with Crippen molar-refractivity contribution in [3.05, 3.63) is 33.7 Å². The third-order valence-corrected chi connectivity index (χ3v) is 4.60. The van der Waals surface area contributed by atoms with Gasteiger partial charge in [0.05, 0.1) is 5.56 Å². The van der Waals surface area contributed by atoms with Gasteiger partial charge in [0.15, 0.2) is 0 Å². The molecule has 1 aromatic rings. The highest BCUT2D eigenvalue weighted by Gasteiger charge is 2.47. The van der Waals surface area contributed by atoms with E-state index < -0.39 is 28.8 Å². The van der Waals surface area contributed by atoms with Gasteiger partial charge in [0.2, 0.25) is 0 Å². The van der Waals surface area contributed by atoms with Crippen LogP contribution in [-0.4, -0.2) is 29.0 Å². The average molecular weight is 315 g/mol. The highest BCUT2D eigenvalue weighted by molar-refractivity contribution is 5.94. The first-order chi connectivity index (χ1) is 10.3. The molecule has 1 aliphatic carbocycles. The van der Waals surface area contributed by atoms with E-state index in [0.717, 1.165) is 25.8 Å². The molecule has 1 aliphatic heterocycles. The highest BCUT2D eigenvalue weighted by atomic mass is 19.4. The Morgan fingerprint density at radius 1 is 1.36 bits per heavy atom. The van der Waals surface area contributed by atoms with Gasteiger partial charge >= 0.3 is 6.18 Å². The first-order valence-electron chi connectivity index (χ1n) is 7.18. The van der Waals surface area contributed by atoms with E-state index >= 15 is 0 Å². The molecular formula is C14H16F3N3O2. The number of H-pyrrole nitrogens is 1. The topological polar surface area (TPSA) is 74.0 Å². The van der Waals surface area contributed by atoms with Gasteiger partial charge in [-0.15, -0.1) is 0 Å². The van der Waals surface area contributed by atoms with Crippen molar-refractivity contribution in [2.45, 2.75) is 43.4 Å². The Morgan fingerprint density at radius 2 is 2.09 bits per heavy atom. The fraction of sp³-hybridized carbons (Fsp3) is 0.571. The number of amides is 1.